The highest BCUT2D eigenvalue weighted by Crippen LogP contribution is 2.06. The molecule has 0 unspecified atom stereocenters. The second kappa shape index (κ2) is 2.05. The number of hydrogen-bond acceptors (Lipinski definition) is 2. The third-order valence-electron chi connectivity index (χ3n) is 1.77. The van der Waals surface area contributed by atoms with Crippen molar-refractivity contribution in [3.05, 3.63) is 29.7 Å². The molecule has 0 bridgehead atoms. The van der Waals surface area contributed by atoms with Gasteiger partial charge in [0.2, 0.25) is 0 Å². The SMILES string of the molecule is Cc1cnn2c(C)ccnc12. The molecule has 0 aliphatic carbocycles. The Morgan fingerprint density at radius 1 is 1.36 bits per heavy atom. The van der Waals surface area contributed by atoms with E-state index in [2.05, 4.69) is 10.1 Å². The quantitative estimate of drug-likeness (QED) is 0.563. The molecule has 3 nitrogen and oxygen atoms in total. The maximum atomic E-state index is 4.20. The van der Waals surface area contributed by atoms with Crippen LogP contribution in [0.1, 0.15) is 11.3 Å². The van der Waals surface area contributed by atoms with Gasteiger partial charge in [0.1, 0.15) is 0 Å². The number of rotatable bonds is 0. The van der Waals surface area contributed by atoms with E-state index in [1.54, 1.807) is 6.20 Å². The fraction of sp³-hybridized carbons (Fsp3) is 0.250. The van der Waals surface area contributed by atoms with Gasteiger partial charge < -0.3 is 0 Å². The van der Waals surface area contributed by atoms with Crippen LogP contribution in [0.25, 0.3) is 5.65 Å². The Morgan fingerprint density at radius 2 is 2.18 bits per heavy atom. The first kappa shape index (κ1) is 6.34. The lowest BCUT2D eigenvalue weighted by Crippen LogP contribution is -1.93. The first-order chi connectivity index (χ1) is 5.29. The van der Waals surface area contributed by atoms with Crippen LogP contribution < -0.4 is 0 Å². The van der Waals surface area contributed by atoms with Gasteiger partial charge in [-0.05, 0) is 19.9 Å². The summed E-state index contributed by atoms with van der Waals surface area (Å²) in [5, 5.41) is 4.17. The zero-order valence-electron chi connectivity index (χ0n) is 6.57. The van der Waals surface area contributed by atoms with Gasteiger partial charge in [-0.2, -0.15) is 5.10 Å². The van der Waals surface area contributed by atoms with Crippen LogP contribution in [0.4, 0.5) is 0 Å². The van der Waals surface area contributed by atoms with E-state index in [-0.39, 0.29) is 0 Å². The van der Waals surface area contributed by atoms with Crippen molar-refractivity contribution in [1.82, 2.24) is 14.6 Å². The van der Waals surface area contributed by atoms with Crippen LogP contribution in [0.3, 0.4) is 0 Å². The van der Waals surface area contributed by atoms with E-state index in [4.69, 9.17) is 0 Å². The molecule has 0 fully saturated rings. The standard InChI is InChI=1S/C8H9N3/c1-6-5-10-11-7(2)3-4-9-8(6)11/h3-5H,1-2H3. The first-order valence-electron chi connectivity index (χ1n) is 3.55. The summed E-state index contributed by atoms with van der Waals surface area (Å²) in [5.41, 5.74) is 3.18. The molecule has 0 aliphatic heterocycles. The van der Waals surface area contributed by atoms with E-state index in [9.17, 15) is 0 Å². The van der Waals surface area contributed by atoms with E-state index in [0.717, 1.165) is 16.9 Å². The molecular weight excluding hydrogens is 138 g/mol. The molecule has 11 heavy (non-hydrogen) atoms. The van der Waals surface area contributed by atoms with Crippen LogP contribution in [0, 0.1) is 13.8 Å². The molecule has 0 amide bonds. The number of aryl methyl sites for hydroxylation is 2. The molecule has 0 radical (unpaired) electrons. The Balaban J connectivity index is 2.94. The summed E-state index contributed by atoms with van der Waals surface area (Å²) in [6, 6.07) is 1.94. The minimum absolute atomic E-state index is 0.949. The van der Waals surface area contributed by atoms with Gasteiger partial charge in [-0.15, -0.1) is 0 Å². The fourth-order valence-corrected chi connectivity index (χ4v) is 1.12. The molecule has 0 saturated heterocycles. The van der Waals surface area contributed by atoms with Gasteiger partial charge in [0, 0.05) is 17.5 Å². The van der Waals surface area contributed by atoms with Gasteiger partial charge in [0.05, 0.1) is 6.20 Å². The molecule has 0 N–H and O–H groups in total. The van der Waals surface area contributed by atoms with Gasteiger partial charge in [-0.1, -0.05) is 0 Å². The zero-order chi connectivity index (χ0) is 7.84. The van der Waals surface area contributed by atoms with Crippen molar-refractivity contribution < 1.29 is 0 Å². The highest BCUT2D eigenvalue weighted by atomic mass is 15.2. The summed E-state index contributed by atoms with van der Waals surface area (Å²) in [7, 11) is 0. The van der Waals surface area contributed by atoms with Crippen molar-refractivity contribution in [1.29, 1.82) is 0 Å². The predicted octanol–water partition coefficient (Wildman–Crippen LogP) is 1.35. The summed E-state index contributed by atoms with van der Waals surface area (Å²) in [4.78, 5) is 4.20. The molecule has 0 spiro atoms. The largest absolute Gasteiger partial charge is 0.237 e. The second-order valence-corrected chi connectivity index (χ2v) is 2.65. The van der Waals surface area contributed by atoms with E-state index >= 15 is 0 Å². The predicted molar refractivity (Wildman–Crippen MR) is 42.5 cm³/mol. The Hall–Kier alpha value is -1.38. The normalized spacial score (nSPS) is 10.7. The number of hydrogen-bond donors (Lipinski definition) is 0. The molecule has 0 aliphatic rings. The highest BCUT2D eigenvalue weighted by molar-refractivity contribution is 5.45. The van der Waals surface area contributed by atoms with Crippen LogP contribution in [0.15, 0.2) is 18.5 Å². The summed E-state index contributed by atoms with van der Waals surface area (Å²) in [5.74, 6) is 0. The lowest BCUT2D eigenvalue weighted by atomic mass is 10.4. The topological polar surface area (TPSA) is 30.2 Å². The molecule has 56 valence electrons. The van der Waals surface area contributed by atoms with Crippen molar-refractivity contribution in [2.24, 2.45) is 0 Å². The minimum Gasteiger partial charge on any atom is -0.237 e. The lowest BCUT2D eigenvalue weighted by molar-refractivity contribution is 0.895. The third kappa shape index (κ3) is 0.808. The van der Waals surface area contributed by atoms with E-state index < -0.39 is 0 Å². The molecule has 2 rings (SSSR count). The van der Waals surface area contributed by atoms with Crippen molar-refractivity contribution in [3.63, 3.8) is 0 Å². The second-order valence-electron chi connectivity index (χ2n) is 2.65. The summed E-state index contributed by atoms with van der Waals surface area (Å²) in [6.07, 6.45) is 3.63. The minimum atomic E-state index is 0.949. The molecule has 2 aromatic rings. The number of fused-ring (bicyclic) bond motifs is 1. The molecule has 3 heteroatoms. The maximum absolute atomic E-state index is 4.20. The van der Waals surface area contributed by atoms with Gasteiger partial charge in [0.25, 0.3) is 0 Å². The van der Waals surface area contributed by atoms with E-state index in [0.29, 0.717) is 0 Å². The van der Waals surface area contributed by atoms with Crippen LogP contribution in [-0.4, -0.2) is 14.6 Å². The fourth-order valence-electron chi connectivity index (χ4n) is 1.12. The number of aromatic nitrogens is 3. The van der Waals surface area contributed by atoms with Crippen LogP contribution in [-0.2, 0) is 0 Å². The molecule has 0 aromatic carbocycles. The Bertz CT molecular complexity index is 389. The average molecular weight is 147 g/mol. The summed E-state index contributed by atoms with van der Waals surface area (Å²) in [6.45, 7) is 4.02. The van der Waals surface area contributed by atoms with Crippen molar-refractivity contribution in [2.75, 3.05) is 0 Å². The summed E-state index contributed by atoms with van der Waals surface area (Å²) >= 11 is 0. The Labute approximate surface area is 64.7 Å². The van der Waals surface area contributed by atoms with E-state index in [1.807, 2.05) is 30.6 Å². The Morgan fingerprint density at radius 3 is 2.91 bits per heavy atom. The smallest absolute Gasteiger partial charge is 0.158 e. The zero-order valence-corrected chi connectivity index (χ0v) is 6.57. The lowest BCUT2D eigenvalue weighted by Gasteiger charge is -1.95. The Kier molecular flexibility index (Phi) is 1.18. The molecular formula is C8H9N3. The van der Waals surface area contributed by atoms with Gasteiger partial charge in [0.15, 0.2) is 5.65 Å². The van der Waals surface area contributed by atoms with Crippen LogP contribution >= 0.6 is 0 Å². The van der Waals surface area contributed by atoms with Crippen molar-refractivity contribution in [2.45, 2.75) is 13.8 Å². The summed E-state index contributed by atoms with van der Waals surface area (Å²) < 4.78 is 1.84. The maximum Gasteiger partial charge on any atom is 0.158 e. The molecule has 2 aromatic heterocycles. The van der Waals surface area contributed by atoms with E-state index in [1.165, 1.54) is 0 Å². The van der Waals surface area contributed by atoms with Crippen molar-refractivity contribution >= 4 is 5.65 Å². The monoisotopic (exact) mass is 147 g/mol. The third-order valence-corrected chi connectivity index (χ3v) is 1.77. The molecule has 2 heterocycles. The van der Waals surface area contributed by atoms with Crippen molar-refractivity contribution in [3.8, 4) is 0 Å². The average Bonchev–Trinajstić information content (AvgIpc) is 2.35. The highest BCUT2D eigenvalue weighted by Gasteiger charge is 2.00. The number of nitrogens with zero attached hydrogens (tertiary/aromatic N) is 3. The molecule has 0 saturated carbocycles. The van der Waals surface area contributed by atoms with Crippen LogP contribution in [0.2, 0.25) is 0 Å². The van der Waals surface area contributed by atoms with Crippen LogP contribution in [0.5, 0.6) is 0 Å². The van der Waals surface area contributed by atoms with Gasteiger partial charge in [-0.3, -0.25) is 0 Å². The first-order valence-corrected chi connectivity index (χ1v) is 3.55. The van der Waals surface area contributed by atoms with Gasteiger partial charge in [-0.25, -0.2) is 9.50 Å². The van der Waals surface area contributed by atoms with Gasteiger partial charge >= 0.3 is 0 Å². The molecule has 0 atom stereocenters.